The van der Waals surface area contributed by atoms with Crippen LogP contribution in [0.3, 0.4) is 0 Å². The van der Waals surface area contributed by atoms with Crippen molar-refractivity contribution in [2.24, 2.45) is 45.9 Å². The third-order valence-electron chi connectivity index (χ3n) is 21.2. The molecule has 44 N–H and O–H groups in total. The molecule has 0 bridgehead atoms. The Hall–Kier alpha value is -14.2. The molecule has 0 radical (unpaired) electrons. The first-order valence-electron chi connectivity index (χ1n) is 44.5. The molecule has 1 fully saturated rings. The summed E-state index contributed by atoms with van der Waals surface area (Å²) in [6.07, 6.45) is -1.58. The molecule has 1 aromatic heterocycles. The van der Waals surface area contributed by atoms with Gasteiger partial charge in [-0.3, -0.25) is 94.2 Å². The molecule has 0 saturated carbocycles. The molecule has 3 aromatic carbocycles. The molecule has 1 aliphatic rings. The number of aromatic hydroxyl groups is 2. The van der Waals surface area contributed by atoms with Gasteiger partial charge in [0.25, 0.3) is 0 Å². The molecule has 1 saturated heterocycles. The summed E-state index contributed by atoms with van der Waals surface area (Å²) in [4.78, 5) is 224. The summed E-state index contributed by atoms with van der Waals surface area (Å²) < 4.78 is 0. The van der Waals surface area contributed by atoms with Gasteiger partial charge in [-0.05, 0) is 169 Å². The Morgan fingerprint density at radius 1 is 0.431 bits per heavy atom. The molecule has 754 valence electrons. The van der Waals surface area contributed by atoms with E-state index in [2.05, 4.69) is 101 Å². The molecule has 53 heteroatoms. The van der Waals surface area contributed by atoms with Gasteiger partial charge < -0.3 is 167 Å². The van der Waals surface area contributed by atoms with Crippen LogP contribution in [0.1, 0.15) is 132 Å². The summed E-state index contributed by atoms with van der Waals surface area (Å²) in [6.45, 7) is -0.744. The summed E-state index contributed by atoms with van der Waals surface area (Å²) >= 11 is 0. The predicted octanol–water partition coefficient (Wildman–Crippen LogP) is -7.21. The lowest BCUT2D eigenvalue weighted by Crippen LogP contribution is -2.61. The second kappa shape index (κ2) is 60.9. The lowest BCUT2D eigenvalue weighted by atomic mass is 10.0. The van der Waals surface area contributed by atoms with Crippen molar-refractivity contribution in [1.29, 1.82) is 27.0 Å². The van der Waals surface area contributed by atoms with Crippen LogP contribution < -0.4 is 142 Å². The average Bonchev–Trinajstić information content (AvgIpc) is 1.67. The molecule has 13 atom stereocenters. The van der Waals surface area contributed by atoms with Gasteiger partial charge >= 0.3 is 11.9 Å². The zero-order valence-electron chi connectivity index (χ0n) is 75.8. The first-order valence-corrected chi connectivity index (χ1v) is 47.0. The van der Waals surface area contributed by atoms with Crippen molar-refractivity contribution in [2.45, 2.75) is 213 Å². The zero-order valence-corrected chi connectivity index (χ0v) is 77.4. The number of phenols is 2. The molecular formula is C84H132N32O19S2. The normalized spacial score (nSPS) is 19.6. The molecule has 137 heavy (non-hydrogen) atoms. The zero-order chi connectivity index (χ0) is 101. The third-order valence-corrected chi connectivity index (χ3v) is 23.7. The van der Waals surface area contributed by atoms with E-state index < -0.39 is 228 Å². The van der Waals surface area contributed by atoms with Crippen molar-refractivity contribution in [1.82, 2.24) is 101 Å². The number of benzene rings is 3. The topological polar surface area (TPSA) is 897 Å². The van der Waals surface area contributed by atoms with Crippen molar-refractivity contribution >= 4 is 151 Å². The highest BCUT2D eigenvalue weighted by atomic mass is 33.1. The predicted molar refractivity (Wildman–Crippen MR) is 511 cm³/mol. The number of carbonyl (C=O) groups excluding carboxylic acids is 13. The second-order valence-corrected chi connectivity index (χ2v) is 34.8. The molecule has 1 aliphatic heterocycles. The summed E-state index contributed by atoms with van der Waals surface area (Å²) in [5, 5.41) is 127. The van der Waals surface area contributed by atoms with Crippen LogP contribution in [-0.2, 0) is 91.2 Å². The van der Waals surface area contributed by atoms with Crippen molar-refractivity contribution in [2.75, 3.05) is 63.9 Å². The Bertz CT molecular complexity index is 4750. The van der Waals surface area contributed by atoms with Gasteiger partial charge in [-0.25, -0.2) is 4.79 Å². The number of para-hydroxylation sites is 1. The van der Waals surface area contributed by atoms with Gasteiger partial charge in [-0.1, -0.05) is 64.1 Å². The number of amides is 13. The first kappa shape index (κ1) is 113. The van der Waals surface area contributed by atoms with Crippen molar-refractivity contribution < 1.29 is 92.3 Å². The lowest BCUT2D eigenvalue weighted by molar-refractivity contribution is -0.142. The highest BCUT2D eigenvalue weighted by molar-refractivity contribution is 8.76. The van der Waals surface area contributed by atoms with E-state index in [-0.39, 0.29) is 172 Å². The van der Waals surface area contributed by atoms with Gasteiger partial charge in [0.1, 0.15) is 84.0 Å². The molecule has 0 aliphatic carbocycles. The van der Waals surface area contributed by atoms with Crippen LogP contribution in [-0.4, -0.2) is 286 Å². The number of carboxylic acid groups (broad SMARTS) is 2. The molecule has 0 spiro atoms. The monoisotopic (exact) mass is 1960 g/mol. The third kappa shape index (κ3) is 43.8. The lowest BCUT2D eigenvalue weighted by Gasteiger charge is -2.28. The number of carboxylic acids is 2. The summed E-state index contributed by atoms with van der Waals surface area (Å²) in [6, 6.07) is -4.44. The van der Waals surface area contributed by atoms with Crippen LogP contribution in [0.5, 0.6) is 11.5 Å². The number of rotatable bonds is 46. The summed E-state index contributed by atoms with van der Waals surface area (Å²) in [7, 11) is 1.38. The molecule has 0 unspecified atom stereocenters. The van der Waals surface area contributed by atoms with Gasteiger partial charge in [-0.2, -0.15) is 0 Å². The fourth-order valence-corrected chi connectivity index (χ4v) is 16.3. The van der Waals surface area contributed by atoms with E-state index in [4.69, 9.17) is 72.9 Å². The van der Waals surface area contributed by atoms with Gasteiger partial charge in [-0.15, -0.1) is 0 Å². The largest absolute Gasteiger partial charge is 0.508 e. The van der Waals surface area contributed by atoms with Crippen molar-refractivity contribution in [3.8, 4) is 11.5 Å². The quantitative estimate of drug-likeness (QED) is 0.00846. The number of nitrogens with one attached hydrogen (secondary N) is 24. The van der Waals surface area contributed by atoms with E-state index >= 15 is 33.6 Å². The van der Waals surface area contributed by atoms with Crippen molar-refractivity contribution in [3.05, 3.63) is 95.7 Å². The van der Waals surface area contributed by atoms with E-state index in [1.807, 2.05) is 0 Å². The van der Waals surface area contributed by atoms with E-state index in [1.165, 1.54) is 48.5 Å². The SMILES string of the molecule is N=C(N)NCCC[C@H](NC(=O)[C@@H]1CSSC[C@H](NC(=O)[C@H](Cc2c[nH]c3ccccc23)NC(=O)[C@H](CCCNC(=N)N)NC(=O)[C@@H](N)CCCNC(=N)N)C(=O)N[C@@H](Cc2ccc(O)cc2)C(=O)N[C@@H](CCCNC(=N)N)C(=O)N[C@@H](CCCCN)C(=O)N[C@@H](CCCCN)C(=O)NCC(=O)N[C@@H](Cc2ccc(O)cc2)C(=O)N[C@@H](CCCNC(=N)N)C(=O)N[C@@H](CCC(=O)O)C(=O)N1)C(=O)O. The number of aliphatic carboxylic acids is 2. The number of aromatic nitrogens is 1. The fourth-order valence-electron chi connectivity index (χ4n) is 13.9. The number of unbranched alkanes of at least 4 members (excludes halogenated alkanes) is 2. The smallest absolute Gasteiger partial charge is 0.326 e. The summed E-state index contributed by atoms with van der Waals surface area (Å²) in [5.41, 5.74) is 47.5. The maximum atomic E-state index is 15.9. The maximum absolute atomic E-state index is 15.9. The van der Waals surface area contributed by atoms with Gasteiger partial charge in [0.05, 0.1) is 12.6 Å². The minimum Gasteiger partial charge on any atom is -0.508 e. The fraction of sp³-hybridized carbons (Fsp3) is 0.524. The minimum absolute atomic E-state index is 0.00580. The molecule has 2 heterocycles. The van der Waals surface area contributed by atoms with Crippen LogP contribution in [0.25, 0.3) is 10.9 Å². The van der Waals surface area contributed by atoms with Crippen LogP contribution in [0.2, 0.25) is 0 Å². The Morgan fingerprint density at radius 2 is 0.839 bits per heavy atom. The van der Waals surface area contributed by atoms with Gasteiger partial charge in [0.15, 0.2) is 29.8 Å². The Kier molecular flexibility index (Phi) is 50.4. The number of aromatic amines is 1. The van der Waals surface area contributed by atoms with Crippen LogP contribution in [0.4, 0.5) is 0 Å². The Morgan fingerprint density at radius 3 is 1.31 bits per heavy atom. The maximum Gasteiger partial charge on any atom is 0.326 e. The Labute approximate surface area is 797 Å². The second-order valence-electron chi connectivity index (χ2n) is 32.2. The van der Waals surface area contributed by atoms with Gasteiger partial charge in [0, 0.05) is 87.0 Å². The minimum atomic E-state index is -1.97. The van der Waals surface area contributed by atoms with E-state index in [1.54, 1.807) is 30.5 Å². The van der Waals surface area contributed by atoms with E-state index in [9.17, 15) is 58.8 Å². The number of hydrogen-bond donors (Lipinski definition) is 36. The number of carbonyl (C=O) groups is 15. The molecule has 13 amide bonds. The molecule has 51 nitrogen and oxygen atoms in total. The number of nitrogens with two attached hydrogens (primary N) is 8. The van der Waals surface area contributed by atoms with Crippen LogP contribution >= 0.6 is 21.6 Å². The average molecular weight is 1960 g/mol. The highest BCUT2D eigenvalue weighted by Gasteiger charge is 2.39. The molecular weight excluding hydrogens is 1830 g/mol. The molecule has 5 rings (SSSR count). The van der Waals surface area contributed by atoms with E-state index in [0.29, 0.717) is 56.5 Å². The first-order chi connectivity index (χ1) is 65.2. The number of guanidine groups is 5. The van der Waals surface area contributed by atoms with Crippen LogP contribution in [0, 0.1) is 27.0 Å². The number of H-pyrrole nitrogens is 1. The summed E-state index contributed by atoms with van der Waals surface area (Å²) in [5.74, 6) is -21.0. The standard InChI is InChI=1S/C84H132N32O19S2/c85-31-5-3-15-53-68(123)104-42-65(119)105-60(38-45-21-25-48(117)26-22-45)74(129)109-57(19-10-36-101-83(94)95)71(126)111-58(29-30-66(120)121)73(128)115-63(77(132)112-59(79(134)135)20-11-37-102-84(96)97)43-136-137-44-64(78(133)113-61(39-46-23-27-49(118)28-24-46)75(130)110-56(18-9-35-100-82(92)93)70(125)108-54(69(124)107-53)16-4-6-32-86)116-76(131)62(40-47-41-103-52-14-2-1-12-50(47)52)114-72(127)55(17-8-34-99-81(90)91)106-67(122)51(87)13-7-33-98-80(88)89/h1-2,12,14,21-28,41,51,53-64,103,117-118H,3-11,13,15-20,29-40,42-44,85-87H2,(H,104,123)(H,105,119)(H,106,122)(H,107,124)(H,108,125)(H,109,129)(H,110,130)(H,111,126)(H,112,132)(H,113,133)(H,114,127)(H,115,128)(H,116,131)(H,120,121)(H,134,135)(H4,88,89,98)(H4,90,91,99)(H4,92,93,100)(H4,94,95,101)(H4,96,97,102)/t51-,53-,54-,55-,56-,57-,58-,59-,60-,61-,62-,63-,64-/m0/s1. The van der Waals surface area contributed by atoms with Crippen molar-refractivity contribution in [3.63, 3.8) is 0 Å². The Balaban J connectivity index is 1.81. The van der Waals surface area contributed by atoms with Crippen LogP contribution in [0.15, 0.2) is 79.0 Å². The molecule has 4 aromatic rings. The van der Waals surface area contributed by atoms with Gasteiger partial charge in [0.2, 0.25) is 76.8 Å². The highest BCUT2D eigenvalue weighted by Crippen LogP contribution is 2.26. The number of hydrogen-bond acceptors (Lipinski definition) is 27. The number of phenolic OH excluding ortho intramolecular Hbond substituents is 2. The van der Waals surface area contributed by atoms with E-state index in [0.717, 1.165) is 0 Å². The number of fused-ring (bicyclic) bond motifs is 1.